The fourth-order valence-electron chi connectivity index (χ4n) is 1.95. The number of carbonyl (C=O) groups is 1. The molecule has 0 heterocycles. The van der Waals surface area contributed by atoms with E-state index in [1.807, 2.05) is 17.0 Å². The maximum Gasteiger partial charge on any atom is 0.236 e. The first-order valence-corrected chi connectivity index (χ1v) is 7.17. The van der Waals surface area contributed by atoms with Gasteiger partial charge in [-0.15, -0.1) is 0 Å². The van der Waals surface area contributed by atoms with Crippen molar-refractivity contribution in [3.05, 3.63) is 34.9 Å². The number of halogens is 1. The molecule has 1 N–H and O–H groups in total. The predicted molar refractivity (Wildman–Crippen MR) is 81.8 cm³/mol. The first-order chi connectivity index (χ1) is 9.43. The van der Waals surface area contributed by atoms with E-state index in [0.29, 0.717) is 18.1 Å². The SMILES string of the molecule is CCCN(CC(=O)N(C)C)CC(O)c1cccc(Cl)c1. The van der Waals surface area contributed by atoms with E-state index in [9.17, 15) is 9.90 Å². The molecule has 1 amide bonds. The summed E-state index contributed by atoms with van der Waals surface area (Å²) in [7, 11) is 3.47. The van der Waals surface area contributed by atoms with Gasteiger partial charge in [-0.1, -0.05) is 30.7 Å². The average molecular weight is 299 g/mol. The van der Waals surface area contributed by atoms with Gasteiger partial charge in [-0.05, 0) is 30.7 Å². The molecule has 0 aromatic heterocycles. The van der Waals surface area contributed by atoms with Crippen LogP contribution in [0.5, 0.6) is 0 Å². The second kappa shape index (κ2) is 8.25. The molecule has 1 rings (SSSR count). The maximum absolute atomic E-state index is 11.8. The molecule has 0 bridgehead atoms. The molecule has 20 heavy (non-hydrogen) atoms. The number of hydrogen-bond acceptors (Lipinski definition) is 3. The van der Waals surface area contributed by atoms with E-state index in [1.54, 1.807) is 31.1 Å². The molecule has 0 fully saturated rings. The molecule has 1 aromatic carbocycles. The largest absolute Gasteiger partial charge is 0.387 e. The first-order valence-electron chi connectivity index (χ1n) is 6.80. The van der Waals surface area contributed by atoms with Gasteiger partial charge in [-0.2, -0.15) is 0 Å². The number of nitrogens with zero attached hydrogens (tertiary/aromatic N) is 2. The van der Waals surface area contributed by atoms with Crippen LogP contribution in [0.1, 0.15) is 25.0 Å². The number of amides is 1. The zero-order valence-corrected chi connectivity index (χ0v) is 13.1. The van der Waals surface area contributed by atoms with Gasteiger partial charge in [0.15, 0.2) is 0 Å². The minimum Gasteiger partial charge on any atom is -0.387 e. The summed E-state index contributed by atoms with van der Waals surface area (Å²) in [6, 6.07) is 7.19. The third-order valence-corrected chi connectivity index (χ3v) is 3.30. The molecule has 112 valence electrons. The molecule has 1 aromatic rings. The summed E-state index contributed by atoms with van der Waals surface area (Å²) in [6.45, 7) is 3.57. The van der Waals surface area contributed by atoms with Crippen LogP contribution < -0.4 is 0 Å². The van der Waals surface area contributed by atoms with E-state index in [4.69, 9.17) is 11.6 Å². The molecule has 0 radical (unpaired) electrons. The van der Waals surface area contributed by atoms with E-state index in [-0.39, 0.29) is 5.91 Å². The molecular formula is C15H23ClN2O2. The molecule has 0 aliphatic rings. The zero-order valence-electron chi connectivity index (χ0n) is 12.3. The van der Waals surface area contributed by atoms with Crippen molar-refractivity contribution in [1.29, 1.82) is 0 Å². The monoisotopic (exact) mass is 298 g/mol. The van der Waals surface area contributed by atoms with Gasteiger partial charge in [-0.25, -0.2) is 0 Å². The number of aliphatic hydroxyl groups is 1. The summed E-state index contributed by atoms with van der Waals surface area (Å²) in [5.74, 6) is 0.0387. The predicted octanol–water partition coefficient (Wildman–Crippen LogP) is 2.17. The number of carbonyl (C=O) groups excluding carboxylic acids is 1. The van der Waals surface area contributed by atoms with Crippen molar-refractivity contribution in [2.45, 2.75) is 19.4 Å². The average Bonchev–Trinajstić information content (AvgIpc) is 2.38. The third-order valence-electron chi connectivity index (χ3n) is 3.06. The molecule has 5 heteroatoms. The highest BCUT2D eigenvalue weighted by molar-refractivity contribution is 6.30. The molecule has 0 spiro atoms. The third kappa shape index (κ3) is 5.49. The van der Waals surface area contributed by atoms with Crippen LogP contribution in [0, 0.1) is 0 Å². The van der Waals surface area contributed by atoms with Crippen LogP contribution in [0.3, 0.4) is 0 Å². The number of likely N-dealkylation sites (N-methyl/N-ethyl adjacent to an activating group) is 1. The van der Waals surface area contributed by atoms with Crippen LogP contribution in [0.2, 0.25) is 5.02 Å². The van der Waals surface area contributed by atoms with Crippen LogP contribution >= 0.6 is 11.6 Å². The van der Waals surface area contributed by atoms with E-state index in [0.717, 1.165) is 18.5 Å². The van der Waals surface area contributed by atoms with E-state index >= 15 is 0 Å². The van der Waals surface area contributed by atoms with Crippen LogP contribution in [0.4, 0.5) is 0 Å². The van der Waals surface area contributed by atoms with Gasteiger partial charge >= 0.3 is 0 Å². The lowest BCUT2D eigenvalue weighted by Gasteiger charge is -2.25. The van der Waals surface area contributed by atoms with Crippen molar-refractivity contribution in [3.63, 3.8) is 0 Å². The Bertz CT molecular complexity index is 438. The Kier molecular flexibility index (Phi) is 6.99. The minimum atomic E-state index is -0.643. The van der Waals surface area contributed by atoms with Crippen LogP contribution in [0.25, 0.3) is 0 Å². The second-order valence-electron chi connectivity index (χ2n) is 5.09. The summed E-state index contributed by atoms with van der Waals surface area (Å²) in [5.41, 5.74) is 0.774. The number of aliphatic hydroxyl groups excluding tert-OH is 1. The summed E-state index contributed by atoms with van der Waals surface area (Å²) >= 11 is 5.93. The van der Waals surface area contributed by atoms with Crippen LogP contribution in [-0.4, -0.2) is 54.5 Å². The topological polar surface area (TPSA) is 43.8 Å². The summed E-state index contributed by atoms with van der Waals surface area (Å²) in [4.78, 5) is 15.3. The molecule has 0 aliphatic carbocycles. The van der Waals surface area contributed by atoms with Crippen LogP contribution in [0.15, 0.2) is 24.3 Å². The lowest BCUT2D eigenvalue weighted by Crippen LogP contribution is -2.39. The molecule has 0 saturated heterocycles. The number of rotatable bonds is 7. The fourth-order valence-corrected chi connectivity index (χ4v) is 2.15. The second-order valence-corrected chi connectivity index (χ2v) is 5.53. The molecule has 1 atom stereocenters. The van der Waals surface area contributed by atoms with Crippen molar-refractivity contribution >= 4 is 17.5 Å². The highest BCUT2D eigenvalue weighted by Gasteiger charge is 2.16. The van der Waals surface area contributed by atoms with E-state index in [1.165, 1.54) is 0 Å². The minimum absolute atomic E-state index is 0.0387. The molecule has 0 aliphatic heterocycles. The Morgan fingerprint density at radius 2 is 2.10 bits per heavy atom. The first kappa shape index (κ1) is 17.0. The van der Waals surface area contributed by atoms with E-state index < -0.39 is 6.10 Å². The normalized spacial score (nSPS) is 12.5. The number of hydrogen-bond donors (Lipinski definition) is 1. The van der Waals surface area contributed by atoms with Crippen molar-refractivity contribution in [3.8, 4) is 0 Å². The Hall–Kier alpha value is -1.10. The maximum atomic E-state index is 11.8. The lowest BCUT2D eigenvalue weighted by atomic mass is 10.1. The van der Waals surface area contributed by atoms with Gasteiger partial charge in [0.05, 0.1) is 12.6 Å². The summed E-state index contributed by atoms with van der Waals surface area (Å²) < 4.78 is 0. The lowest BCUT2D eigenvalue weighted by molar-refractivity contribution is -0.130. The highest BCUT2D eigenvalue weighted by Crippen LogP contribution is 2.18. The van der Waals surface area contributed by atoms with Gasteiger partial charge in [0, 0.05) is 25.7 Å². The summed E-state index contributed by atoms with van der Waals surface area (Å²) in [5, 5.41) is 10.9. The van der Waals surface area contributed by atoms with Gasteiger partial charge < -0.3 is 10.0 Å². The van der Waals surface area contributed by atoms with Crippen molar-refractivity contribution in [2.24, 2.45) is 0 Å². The quantitative estimate of drug-likeness (QED) is 0.839. The molecule has 1 unspecified atom stereocenters. The fraction of sp³-hybridized carbons (Fsp3) is 0.533. The van der Waals surface area contributed by atoms with Crippen molar-refractivity contribution < 1.29 is 9.90 Å². The standard InChI is InChI=1S/C15H23ClN2O2/c1-4-8-18(11-15(20)17(2)3)10-14(19)12-6-5-7-13(16)9-12/h5-7,9,14,19H,4,8,10-11H2,1-3H3. The molecule has 4 nitrogen and oxygen atoms in total. The molecule has 0 saturated carbocycles. The van der Waals surface area contributed by atoms with Crippen molar-refractivity contribution in [2.75, 3.05) is 33.7 Å². The Balaban J connectivity index is 2.67. The van der Waals surface area contributed by atoms with Gasteiger partial charge in [0.25, 0.3) is 0 Å². The number of benzene rings is 1. The Labute approximate surface area is 125 Å². The smallest absolute Gasteiger partial charge is 0.236 e. The Morgan fingerprint density at radius 3 is 2.65 bits per heavy atom. The Morgan fingerprint density at radius 1 is 1.40 bits per heavy atom. The summed E-state index contributed by atoms with van der Waals surface area (Å²) in [6.07, 6.45) is 0.290. The van der Waals surface area contributed by atoms with Gasteiger partial charge in [0.1, 0.15) is 0 Å². The van der Waals surface area contributed by atoms with Crippen molar-refractivity contribution in [1.82, 2.24) is 9.80 Å². The van der Waals surface area contributed by atoms with Gasteiger partial charge in [-0.3, -0.25) is 9.69 Å². The highest BCUT2D eigenvalue weighted by atomic mass is 35.5. The van der Waals surface area contributed by atoms with E-state index in [2.05, 4.69) is 6.92 Å². The van der Waals surface area contributed by atoms with Crippen LogP contribution in [-0.2, 0) is 4.79 Å². The van der Waals surface area contributed by atoms with Gasteiger partial charge in [0.2, 0.25) is 5.91 Å². The molecular weight excluding hydrogens is 276 g/mol. The zero-order chi connectivity index (χ0) is 15.1.